The van der Waals surface area contributed by atoms with Crippen molar-refractivity contribution in [3.05, 3.63) is 18.2 Å². The van der Waals surface area contributed by atoms with Crippen molar-refractivity contribution in [1.82, 2.24) is 10.0 Å². The molecule has 26 heavy (non-hydrogen) atoms. The molecule has 0 saturated heterocycles. The quantitative estimate of drug-likeness (QED) is 0.535. The number of benzene rings is 1. The first-order valence-corrected chi connectivity index (χ1v) is 9.34. The minimum atomic E-state index is -3.86. The molecule has 1 amide bonds. The Morgan fingerprint density at radius 1 is 1.15 bits per heavy atom. The molecule has 0 spiro atoms. The molecule has 0 aliphatic heterocycles. The number of hydrogen-bond acceptors (Lipinski definition) is 6. The molecule has 1 atom stereocenters. The van der Waals surface area contributed by atoms with Crippen molar-refractivity contribution in [2.45, 2.75) is 31.2 Å². The van der Waals surface area contributed by atoms with Crippen molar-refractivity contribution in [3.63, 3.8) is 0 Å². The molecule has 1 aromatic carbocycles. The van der Waals surface area contributed by atoms with Gasteiger partial charge in [-0.2, -0.15) is 0 Å². The summed E-state index contributed by atoms with van der Waals surface area (Å²) >= 11 is 0. The Morgan fingerprint density at radius 2 is 1.77 bits per heavy atom. The van der Waals surface area contributed by atoms with Crippen molar-refractivity contribution in [2.75, 3.05) is 20.8 Å². The van der Waals surface area contributed by atoms with Crippen LogP contribution in [0.5, 0.6) is 11.5 Å². The molecule has 0 aliphatic carbocycles. The molecule has 3 N–H and O–H groups in total. The van der Waals surface area contributed by atoms with E-state index >= 15 is 0 Å². The molecule has 1 rings (SSSR count). The third-order valence-corrected chi connectivity index (χ3v) is 5.02. The Morgan fingerprint density at radius 3 is 2.27 bits per heavy atom. The minimum absolute atomic E-state index is 0.0406. The van der Waals surface area contributed by atoms with Crippen molar-refractivity contribution >= 4 is 21.9 Å². The molecule has 0 radical (unpaired) electrons. The number of aliphatic carboxylic acids is 1. The van der Waals surface area contributed by atoms with Gasteiger partial charge in [0.1, 0.15) is 6.04 Å². The van der Waals surface area contributed by atoms with Crippen molar-refractivity contribution in [1.29, 1.82) is 0 Å². The number of ether oxygens (including phenoxy) is 2. The fourth-order valence-electron chi connectivity index (χ4n) is 2.13. The van der Waals surface area contributed by atoms with Crippen molar-refractivity contribution in [2.24, 2.45) is 5.92 Å². The molecular weight excluding hydrogens is 364 g/mol. The molecule has 9 nitrogen and oxygen atoms in total. The van der Waals surface area contributed by atoms with Crippen LogP contribution in [-0.2, 0) is 19.6 Å². The van der Waals surface area contributed by atoms with E-state index in [1.807, 2.05) is 0 Å². The van der Waals surface area contributed by atoms with Gasteiger partial charge in [-0.05, 0) is 18.1 Å². The Hall–Kier alpha value is -2.33. The molecular formula is C16H24N2O7S. The summed E-state index contributed by atoms with van der Waals surface area (Å²) in [6.07, 6.45) is -0.191. The highest BCUT2D eigenvalue weighted by Crippen LogP contribution is 2.29. The SMILES string of the molecule is COc1ccc(S(=O)(=O)NCCC(=O)N[C@@H](C(=O)O)C(C)C)cc1OC. The molecule has 10 heteroatoms. The van der Waals surface area contributed by atoms with Crippen LogP contribution in [-0.4, -0.2) is 52.2 Å². The Bertz CT molecular complexity index is 747. The van der Waals surface area contributed by atoms with Crippen LogP contribution in [0.25, 0.3) is 0 Å². The lowest BCUT2D eigenvalue weighted by Gasteiger charge is -2.18. The van der Waals surface area contributed by atoms with E-state index in [9.17, 15) is 18.0 Å². The van der Waals surface area contributed by atoms with Crippen LogP contribution in [0.2, 0.25) is 0 Å². The van der Waals surface area contributed by atoms with Gasteiger partial charge in [-0.3, -0.25) is 4.79 Å². The standard InChI is InChI=1S/C16H24N2O7S/c1-10(2)15(16(20)21)18-14(19)7-8-17-26(22,23)11-5-6-12(24-3)13(9-11)25-4/h5-6,9-10,15,17H,7-8H2,1-4H3,(H,18,19)(H,20,21)/t15-/m1/s1. The number of carboxylic acids is 1. The third-order valence-electron chi connectivity index (χ3n) is 3.56. The van der Waals surface area contributed by atoms with Gasteiger partial charge in [0.25, 0.3) is 0 Å². The monoisotopic (exact) mass is 388 g/mol. The second-order valence-electron chi connectivity index (χ2n) is 5.79. The molecule has 1 aromatic rings. The second-order valence-corrected chi connectivity index (χ2v) is 7.56. The maximum Gasteiger partial charge on any atom is 0.326 e. The zero-order chi connectivity index (χ0) is 19.9. The van der Waals surface area contributed by atoms with Gasteiger partial charge in [0.15, 0.2) is 11.5 Å². The number of rotatable bonds is 10. The van der Waals surface area contributed by atoms with Crippen LogP contribution in [0, 0.1) is 5.92 Å². The lowest BCUT2D eigenvalue weighted by molar-refractivity contribution is -0.143. The summed E-state index contributed by atoms with van der Waals surface area (Å²) in [5.41, 5.74) is 0. The van der Waals surface area contributed by atoms with Crippen LogP contribution in [0.1, 0.15) is 20.3 Å². The van der Waals surface area contributed by atoms with Gasteiger partial charge in [0.2, 0.25) is 15.9 Å². The summed E-state index contributed by atoms with van der Waals surface area (Å²) in [7, 11) is -1.03. The van der Waals surface area contributed by atoms with Crippen LogP contribution in [0.4, 0.5) is 0 Å². The van der Waals surface area contributed by atoms with Gasteiger partial charge in [0, 0.05) is 19.0 Å². The maximum atomic E-state index is 12.3. The minimum Gasteiger partial charge on any atom is -0.493 e. The summed E-state index contributed by atoms with van der Waals surface area (Å²) < 4.78 is 37.0. The van der Waals surface area contributed by atoms with Gasteiger partial charge >= 0.3 is 5.97 Å². The van der Waals surface area contributed by atoms with Crippen LogP contribution in [0.15, 0.2) is 23.1 Å². The zero-order valence-electron chi connectivity index (χ0n) is 15.1. The van der Waals surface area contributed by atoms with Gasteiger partial charge in [0.05, 0.1) is 19.1 Å². The number of hydrogen-bond donors (Lipinski definition) is 3. The summed E-state index contributed by atoms with van der Waals surface area (Å²) in [4.78, 5) is 22.8. The molecule has 0 aliphatic rings. The first-order valence-electron chi connectivity index (χ1n) is 7.86. The average molecular weight is 388 g/mol. The zero-order valence-corrected chi connectivity index (χ0v) is 15.9. The highest BCUT2D eigenvalue weighted by atomic mass is 32.2. The smallest absolute Gasteiger partial charge is 0.326 e. The summed E-state index contributed by atoms with van der Waals surface area (Å²) in [5, 5.41) is 11.4. The molecule has 146 valence electrons. The number of sulfonamides is 1. The van der Waals surface area contributed by atoms with Gasteiger partial charge in [-0.15, -0.1) is 0 Å². The third kappa shape index (κ3) is 5.88. The second kappa shape index (κ2) is 9.39. The van der Waals surface area contributed by atoms with Gasteiger partial charge in [-0.1, -0.05) is 13.8 Å². The van der Waals surface area contributed by atoms with E-state index in [0.717, 1.165) is 0 Å². The van der Waals surface area contributed by atoms with Gasteiger partial charge in [-0.25, -0.2) is 17.9 Å². The lowest BCUT2D eigenvalue weighted by Crippen LogP contribution is -2.45. The van der Waals surface area contributed by atoms with Crippen molar-refractivity contribution in [3.8, 4) is 11.5 Å². The van der Waals surface area contributed by atoms with Crippen LogP contribution >= 0.6 is 0 Å². The summed E-state index contributed by atoms with van der Waals surface area (Å²) in [5.74, 6) is -1.34. The fraction of sp³-hybridized carbons (Fsp3) is 0.500. The van der Waals surface area contributed by atoms with E-state index < -0.39 is 27.9 Å². The summed E-state index contributed by atoms with van der Waals surface area (Å²) in [6.45, 7) is 3.16. The lowest BCUT2D eigenvalue weighted by atomic mass is 10.0. The van der Waals surface area contributed by atoms with E-state index in [-0.39, 0.29) is 29.5 Å². The first kappa shape index (κ1) is 21.7. The predicted molar refractivity (Wildman–Crippen MR) is 93.8 cm³/mol. The van der Waals surface area contributed by atoms with E-state index in [2.05, 4.69) is 10.0 Å². The molecule has 0 heterocycles. The number of carboxylic acid groups (broad SMARTS) is 1. The molecule has 0 bridgehead atoms. The first-order chi connectivity index (χ1) is 12.1. The average Bonchev–Trinajstić information content (AvgIpc) is 2.58. The Labute approximate surface area is 152 Å². The van der Waals surface area contributed by atoms with Crippen LogP contribution < -0.4 is 19.5 Å². The summed E-state index contributed by atoms with van der Waals surface area (Å²) in [6, 6.07) is 3.09. The van der Waals surface area contributed by atoms with E-state index in [4.69, 9.17) is 14.6 Å². The largest absolute Gasteiger partial charge is 0.493 e. The number of carbonyl (C=O) groups excluding carboxylic acids is 1. The number of methoxy groups -OCH3 is 2. The van der Waals surface area contributed by atoms with Crippen molar-refractivity contribution < 1.29 is 32.6 Å². The topological polar surface area (TPSA) is 131 Å². The molecule has 0 unspecified atom stereocenters. The Kier molecular flexibility index (Phi) is 7.84. The van der Waals surface area contributed by atoms with E-state index in [0.29, 0.717) is 5.75 Å². The molecule has 0 aromatic heterocycles. The van der Waals surface area contributed by atoms with E-state index in [1.165, 1.54) is 32.4 Å². The predicted octanol–water partition coefficient (Wildman–Crippen LogP) is 0.598. The maximum absolute atomic E-state index is 12.3. The highest BCUT2D eigenvalue weighted by molar-refractivity contribution is 7.89. The number of nitrogens with one attached hydrogen (secondary N) is 2. The van der Waals surface area contributed by atoms with Gasteiger partial charge < -0.3 is 19.9 Å². The molecule has 0 saturated carbocycles. The van der Waals surface area contributed by atoms with E-state index in [1.54, 1.807) is 13.8 Å². The highest BCUT2D eigenvalue weighted by Gasteiger charge is 2.23. The molecule has 0 fully saturated rings. The Balaban J connectivity index is 2.69. The van der Waals surface area contributed by atoms with Crippen LogP contribution in [0.3, 0.4) is 0 Å². The normalized spacial score (nSPS) is 12.5. The number of amides is 1. The fourth-order valence-corrected chi connectivity index (χ4v) is 3.17. The number of carbonyl (C=O) groups is 2.